The predicted molar refractivity (Wildman–Crippen MR) is 129 cm³/mol. The highest BCUT2D eigenvalue weighted by atomic mass is 32.2. The molecule has 2 N–H and O–H groups in total. The van der Waals surface area contributed by atoms with Gasteiger partial charge < -0.3 is 15.0 Å². The molecule has 1 unspecified atom stereocenters. The number of benzene rings is 1. The summed E-state index contributed by atoms with van der Waals surface area (Å²) in [5, 5.41) is 2.88. The Labute approximate surface area is 208 Å². The van der Waals surface area contributed by atoms with Crippen molar-refractivity contribution in [3.8, 4) is 5.75 Å². The molecule has 1 aromatic carbocycles. The number of carbonyl (C=O) groups is 1. The van der Waals surface area contributed by atoms with Gasteiger partial charge in [0, 0.05) is 45.0 Å². The second-order valence-electron chi connectivity index (χ2n) is 8.22. The number of carbonyl (C=O) groups excluding carboxylic acids is 1. The van der Waals surface area contributed by atoms with Crippen LogP contribution in [0.5, 0.6) is 5.75 Å². The Hall–Kier alpha value is -2.63. The third-order valence-electron chi connectivity index (χ3n) is 5.97. The molecule has 1 fully saturated rings. The summed E-state index contributed by atoms with van der Waals surface area (Å²) < 4.78 is 74.2. The molecule has 4 rings (SSSR count). The first-order chi connectivity index (χ1) is 18.2. The second kappa shape index (κ2) is 9.93. The van der Waals surface area contributed by atoms with Crippen LogP contribution in [0.3, 0.4) is 0 Å². The molecule has 34 heavy (non-hydrogen) atoms. The summed E-state index contributed by atoms with van der Waals surface area (Å²) >= 11 is 0. The lowest BCUT2D eigenvalue weighted by Gasteiger charge is -2.33. The first-order valence-electron chi connectivity index (χ1n) is 13.9. The number of aryl methyl sites for hydroxylation is 2. The van der Waals surface area contributed by atoms with Gasteiger partial charge in [-0.05, 0) is 45.0 Å². The van der Waals surface area contributed by atoms with Crippen LogP contribution < -0.4 is 15.5 Å². The molecular formula is C23H34N6O4S. The molecule has 186 valence electrons. The van der Waals surface area contributed by atoms with E-state index < -0.39 is 29.5 Å². The van der Waals surface area contributed by atoms with Crippen molar-refractivity contribution in [2.45, 2.75) is 51.5 Å². The lowest BCUT2D eigenvalue weighted by molar-refractivity contribution is 0.0913. The van der Waals surface area contributed by atoms with Gasteiger partial charge in [-0.25, -0.2) is 18.1 Å². The van der Waals surface area contributed by atoms with Gasteiger partial charge in [0.15, 0.2) is 5.69 Å². The van der Waals surface area contributed by atoms with Gasteiger partial charge in [-0.15, -0.1) is 0 Å². The minimum absolute atomic E-state index is 0.0225. The lowest BCUT2D eigenvalue weighted by Crippen LogP contribution is -2.48. The van der Waals surface area contributed by atoms with Crippen LogP contribution in [0, 0.1) is 6.92 Å². The predicted octanol–water partition coefficient (Wildman–Crippen LogP) is 1.85. The SMILES string of the molecule is [2H]C([2H])([2H])C([2H])([2H])N1CCN(S(=O)(=O)c2ccc(OCC)c(C3NC(=O)c4c(C)nc(CCC)n4N3)c2)CC1. The van der Waals surface area contributed by atoms with Crippen molar-refractivity contribution in [2.75, 3.05) is 44.7 Å². The highest BCUT2D eigenvalue weighted by molar-refractivity contribution is 7.89. The maximum absolute atomic E-state index is 13.6. The smallest absolute Gasteiger partial charge is 0.273 e. The quantitative estimate of drug-likeness (QED) is 0.575. The zero-order valence-electron chi connectivity index (χ0n) is 24.6. The van der Waals surface area contributed by atoms with Crippen LogP contribution in [0.4, 0.5) is 0 Å². The van der Waals surface area contributed by atoms with E-state index in [1.165, 1.54) is 16.4 Å². The van der Waals surface area contributed by atoms with Crippen LogP contribution in [-0.4, -0.2) is 72.5 Å². The van der Waals surface area contributed by atoms with Gasteiger partial charge in [-0.3, -0.25) is 10.2 Å². The summed E-state index contributed by atoms with van der Waals surface area (Å²) in [6, 6.07) is 4.43. The Balaban J connectivity index is 1.63. The average Bonchev–Trinajstić information content (AvgIpc) is 3.19. The summed E-state index contributed by atoms with van der Waals surface area (Å²) in [7, 11) is -4.02. The number of likely N-dealkylation sites (N-methyl/N-ethyl adjacent to an activating group) is 1. The molecule has 10 nitrogen and oxygen atoms in total. The van der Waals surface area contributed by atoms with Crippen molar-refractivity contribution in [1.29, 1.82) is 0 Å². The molecule has 1 amide bonds. The monoisotopic (exact) mass is 495 g/mol. The minimum atomic E-state index is -4.02. The second-order valence-corrected chi connectivity index (χ2v) is 10.2. The molecule has 1 saturated heterocycles. The number of fused-ring (bicyclic) bond motifs is 1. The van der Waals surface area contributed by atoms with Gasteiger partial charge in [0.1, 0.15) is 17.7 Å². The molecule has 0 bridgehead atoms. The Bertz CT molecular complexity index is 1340. The van der Waals surface area contributed by atoms with E-state index in [0.717, 1.165) is 11.3 Å². The number of rotatable bonds is 8. The normalized spacial score (nSPS) is 22.4. The number of aromatic nitrogens is 2. The Morgan fingerprint density at radius 2 is 2.03 bits per heavy atom. The van der Waals surface area contributed by atoms with E-state index in [-0.39, 0.29) is 37.0 Å². The maximum Gasteiger partial charge on any atom is 0.273 e. The summed E-state index contributed by atoms with van der Waals surface area (Å²) in [5.41, 5.74) is 4.65. The Morgan fingerprint density at radius 3 is 2.71 bits per heavy atom. The molecule has 0 saturated carbocycles. The Kier molecular flexibility index (Phi) is 5.45. The molecule has 1 atom stereocenters. The zero-order chi connectivity index (χ0) is 28.8. The molecule has 2 aliphatic heterocycles. The van der Waals surface area contributed by atoms with E-state index >= 15 is 0 Å². The fourth-order valence-electron chi connectivity index (χ4n) is 4.28. The van der Waals surface area contributed by atoms with Crippen molar-refractivity contribution in [1.82, 2.24) is 24.2 Å². The lowest BCUT2D eigenvalue weighted by atomic mass is 10.1. The molecule has 0 radical (unpaired) electrons. The maximum atomic E-state index is 13.6. The molecule has 2 aliphatic rings. The fraction of sp³-hybridized carbons (Fsp3) is 0.565. The number of sulfonamides is 1. The van der Waals surface area contributed by atoms with Crippen LogP contribution in [0.2, 0.25) is 0 Å². The topological polar surface area (TPSA) is 109 Å². The highest BCUT2D eigenvalue weighted by Gasteiger charge is 2.33. The molecular weight excluding hydrogens is 456 g/mol. The molecule has 1 aromatic heterocycles. The van der Waals surface area contributed by atoms with Crippen molar-refractivity contribution in [3.63, 3.8) is 0 Å². The number of nitrogens with zero attached hydrogens (tertiary/aromatic N) is 4. The summed E-state index contributed by atoms with van der Waals surface area (Å²) in [4.78, 5) is 18.7. The largest absolute Gasteiger partial charge is 0.493 e. The van der Waals surface area contributed by atoms with Crippen molar-refractivity contribution < 1.29 is 24.8 Å². The van der Waals surface area contributed by atoms with E-state index in [1.54, 1.807) is 24.6 Å². The molecule has 11 heteroatoms. The summed E-state index contributed by atoms with van der Waals surface area (Å²) in [6.07, 6.45) is 0.671. The van der Waals surface area contributed by atoms with E-state index in [0.29, 0.717) is 41.6 Å². The number of amides is 1. The number of hydrogen-bond acceptors (Lipinski definition) is 7. The molecule has 0 spiro atoms. The number of imidazole rings is 1. The van der Waals surface area contributed by atoms with Gasteiger partial charge in [-0.2, -0.15) is 4.31 Å². The van der Waals surface area contributed by atoms with Crippen LogP contribution in [0.15, 0.2) is 23.1 Å². The highest BCUT2D eigenvalue weighted by Crippen LogP contribution is 2.32. The number of ether oxygens (including phenoxy) is 1. The van der Waals surface area contributed by atoms with Crippen molar-refractivity contribution >= 4 is 15.9 Å². The average molecular weight is 496 g/mol. The molecule has 0 aliphatic carbocycles. The van der Waals surface area contributed by atoms with Gasteiger partial charge in [0.2, 0.25) is 10.0 Å². The molecule has 2 aromatic rings. The van der Waals surface area contributed by atoms with Gasteiger partial charge in [-0.1, -0.05) is 13.8 Å². The minimum Gasteiger partial charge on any atom is -0.493 e. The van der Waals surface area contributed by atoms with Crippen molar-refractivity contribution in [3.05, 3.63) is 41.0 Å². The van der Waals surface area contributed by atoms with Gasteiger partial charge >= 0.3 is 0 Å². The van der Waals surface area contributed by atoms with Crippen molar-refractivity contribution in [2.24, 2.45) is 0 Å². The third-order valence-corrected chi connectivity index (χ3v) is 7.86. The van der Waals surface area contributed by atoms with E-state index in [4.69, 9.17) is 11.6 Å². The van der Waals surface area contributed by atoms with E-state index in [9.17, 15) is 13.2 Å². The van der Waals surface area contributed by atoms with Crippen LogP contribution in [0.1, 0.15) is 67.7 Å². The first-order valence-corrected chi connectivity index (χ1v) is 12.8. The van der Waals surface area contributed by atoms with Crippen LogP contribution in [-0.2, 0) is 16.4 Å². The van der Waals surface area contributed by atoms with Crippen LogP contribution in [0.25, 0.3) is 0 Å². The molecule has 3 heterocycles. The third kappa shape index (κ3) is 4.51. The number of hydrogen-bond donors (Lipinski definition) is 2. The summed E-state index contributed by atoms with van der Waals surface area (Å²) in [5.74, 6) is 0.755. The number of piperazine rings is 1. The first kappa shape index (κ1) is 18.7. The summed E-state index contributed by atoms with van der Waals surface area (Å²) in [6.45, 7) is 0.175. The Morgan fingerprint density at radius 1 is 1.26 bits per heavy atom. The van der Waals surface area contributed by atoms with Gasteiger partial charge in [0.05, 0.1) is 17.2 Å². The van der Waals surface area contributed by atoms with Crippen LogP contribution >= 0.6 is 0 Å². The van der Waals surface area contributed by atoms with Gasteiger partial charge in [0.25, 0.3) is 5.91 Å². The standard InChI is InChI=1S/C23H34N6O4S/c1-5-8-20-24-16(4)21-23(30)25-22(26-29(20)21)18-15-17(9-10-19(18)33-7-3)34(31,32)28-13-11-27(6-2)12-14-28/h9-10,15,22,26H,5-8,11-14H2,1-4H3,(H,25,30)/i2D3,6D2. The zero-order valence-corrected chi connectivity index (χ0v) is 20.4. The fourth-order valence-corrected chi connectivity index (χ4v) is 5.74. The van der Waals surface area contributed by atoms with E-state index in [1.807, 2.05) is 6.92 Å². The number of nitrogens with one attached hydrogen (secondary N) is 2. The van der Waals surface area contributed by atoms with E-state index in [2.05, 4.69) is 15.7 Å².